The van der Waals surface area contributed by atoms with E-state index in [2.05, 4.69) is 26.0 Å². The van der Waals surface area contributed by atoms with Crippen molar-refractivity contribution in [3.05, 3.63) is 0 Å². The van der Waals surface area contributed by atoms with Crippen molar-refractivity contribution >= 4 is 0 Å². The van der Waals surface area contributed by atoms with Gasteiger partial charge in [-0.2, -0.15) is 10.5 Å². The molecule has 84 valence electrons. The zero-order valence-electron chi connectivity index (χ0n) is 9.87. The summed E-state index contributed by atoms with van der Waals surface area (Å²) in [5.74, 6) is 0. The van der Waals surface area contributed by atoms with Gasteiger partial charge in [0.05, 0.1) is 25.2 Å². The molecule has 0 spiro atoms. The number of hydrogen-bond acceptors (Lipinski definition) is 3. The van der Waals surface area contributed by atoms with Crippen molar-refractivity contribution in [3.63, 3.8) is 0 Å². The van der Waals surface area contributed by atoms with Crippen molar-refractivity contribution in [1.29, 1.82) is 10.5 Å². The lowest BCUT2D eigenvalue weighted by Crippen LogP contribution is -2.33. The summed E-state index contributed by atoms with van der Waals surface area (Å²) in [6.45, 7) is 5.02. The van der Waals surface area contributed by atoms with E-state index in [1.165, 1.54) is 25.7 Å². The van der Waals surface area contributed by atoms with E-state index in [0.29, 0.717) is 19.1 Å². The van der Waals surface area contributed by atoms with Crippen LogP contribution in [0.4, 0.5) is 0 Å². The summed E-state index contributed by atoms with van der Waals surface area (Å²) in [6, 6.07) is 4.57. The van der Waals surface area contributed by atoms with E-state index in [4.69, 9.17) is 10.5 Å². The third-order valence-electron chi connectivity index (χ3n) is 2.65. The first-order valence-electron chi connectivity index (χ1n) is 5.74. The van der Waals surface area contributed by atoms with Crippen LogP contribution in [0, 0.1) is 22.7 Å². The molecule has 0 heterocycles. The Hall–Kier alpha value is -1.06. The van der Waals surface area contributed by atoms with Crippen LogP contribution in [0.25, 0.3) is 0 Å². The number of hydrogen-bond donors (Lipinski definition) is 0. The zero-order valence-corrected chi connectivity index (χ0v) is 9.87. The maximum Gasteiger partial charge on any atom is 0.0876 e. The Morgan fingerprint density at radius 1 is 1.07 bits per heavy atom. The van der Waals surface area contributed by atoms with Crippen LogP contribution in [0.5, 0.6) is 0 Å². The smallest absolute Gasteiger partial charge is 0.0876 e. The molecule has 0 aliphatic rings. The summed E-state index contributed by atoms with van der Waals surface area (Å²) >= 11 is 0. The maximum atomic E-state index is 8.62. The lowest BCUT2D eigenvalue weighted by Gasteiger charge is -2.23. The third kappa shape index (κ3) is 6.94. The molecule has 0 saturated carbocycles. The fourth-order valence-corrected chi connectivity index (χ4v) is 1.60. The summed E-state index contributed by atoms with van der Waals surface area (Å²) < 4.78 is 0. The van der Waals surface area contributed by atoms with Gasteiger partial charge in [-0.05, 0) is 13.3 Å². The Labute approximate surface area is 93.3 Å². The lowest BCUT2D eigenvalue weighted by atomic mass is 10.1. The molecule has 0 amide bonds. The van der Waals surface area contributed by atoms with Crippen molar-refractivity contribution in [2.24, 2.45) is 0 Å². The molecule has 0 bridgehead atoms. The van der Waals surface area contributed by atoms with Gasteiger partial charge in [0.1, 0.15) is 0 Å². The lowest BCUT2D eigenvalue weighted by molar-refractivity contribution is 0.245. The molecular weight excluding hydrogens is 186 g/mol. The highest BCUT2D eigenvalue weighted by molar-refractivity contribution is 4.86. The Kier molecular flexibility index (Phi) is 8.82. The SMILES string of the molecule is CCCCCCC(C)N(CC#N)CC#N. The fraction of sp³-hybridized carbons (Fsp3) is 0.833. The molecule has 0 rings (SSSR count). The molecule has 0 aliphatic heterocycles. The highest BCUT2D eigenvalue weighted by atomic mass is 15.1. The molecule has 0 aromatic rings. The molecular formula is C12H21N3. The average Bonchev–Trinajstić information content (AvgIpc) is 2.24. The summed E-state index contributed by atoms with van der Waals surface area (Å²) in [4.78, 5) is 1.94. The Morgan fingerprint density at radius 2 is 1.67 bits per heavy atom. The van der Waals surface area contributed by atoms with Gasteiger partial charge in [0.25, 0.3) is 0 Å². The van der Waals surface area contributed by atoms with Gasteiger partial charge in [0.2, 0.25) is 0 Å². The second-order valence-corrected chi connectivity index (χ2v) is 3.92. The van der Waals surface area contributed by atoms with Crippen LogP contribution in [0.15, 0.2) is 0 Å². The van der Waals surface area contributed by atoms with E-state index < -0.39 is 0 Å². The van der Waals surface area contributed by atoms with Gasteiger partial charge in [-0.15, -0.1) is 0 Å². The molecule has 0 saturated heterocycles. The maximum absolute atomic E-state index is 8.62. The van der Waals surface area contributed by atoms with Crippen LogP contribution in [-0.4, -0.2) is 24.0 Å². The Bertz CT molecular complexity index is 208. The molecule has 1 unspecified atom stereocenters. The van der Waals surface area contributed by atoms with Crippen LogP contribution < -0.4 is 0 Å². The standard InChI is InChI=1S/C12H21N3/c1-3-4-5-6-7-12(2)15(10-8-13)11-9-14/h12H,3-7,10-11H2,1-2H3. The van der Waals surface area contributed by atoms with E-state index in [1.807, 2.05) is 4.90 Å². The summed E-state index contributed by atoms with van der Waals surface area (Å²) in [5.41, 5.74) is 0. The van der Waals surface area contributed by atoms with E-state index in [-0.39, 0.29) is 0 Å². The Balaban J connectivity index is 3.77. The quantitative estimate of drug-likeness (QED) is 0.454. The van der Waals surface area contributed by atoms with Crippen LogP contribution in [0.1, 0.15) is 46.0 Å². The van der Waals surface area contributed by atoms with Crippen LogP contribution in [0.2, 0.25) is 0 Å². The number of unbranched alkanes of at least 4 members (excludes halogenated alkanes) is 3. The molecule has 0 radical (unpaired) electrons. The van der Waals surface area contributed by atoms with Gasteiger partial charge in [0, 0.05) is 6.04 Å². The minimum absolute atomic E-state index is 0.348. The molecule has 0 fully saturated rings. The predicted molar refractivity (Wildman–Crippen MR) is 61.0 cm³/mol. The molecule has 3 nitrogen and oxygen atoms in total. The second kappa shape index (κ2) is 9.49. The van der Waals surface area contributed by atoms with Gasteiger partial charge in [-0.3, -0.25) is 4.90 Å². The molecule has 0 aliphatic carbocycles. The third-order valence-corrected chi connectivity index (χ3v) is 2.65. The van der Waals surface area contributed by atoms with Gasteiger partial charge >= 0.3 is 0 Å². The van der Waals surface area contributed by atoms with Crippen molar-refractivity contribution in [3.8, 4) is 12.1 Å². The monoisotopic (exact) mass is 207 g/mol. The molecule has 0 aromatic carbocycles. The molecule has 0 aromatic heterocycles. The predicted octanol–water partition coefficient (Wildman–Crippen LogP) is 2.69. The van der Waals surface area contributed by atoms with Crippen molar-refractivity contribution < 1.29 is 0 Å². The average molecular weight is 207 g/mol. The molecule has 0 N–H and O–H groups in total. The van der Waals surface area contributed by atoms with E-state index in [9.17, 15) is 0 Å². The largest absolute Gasteiger partial charge is 0.275 e. The number of nitriles is 2. The summed E-state index contributed by atoms with van der Waals surface area (Å²) in [6.07, 6.45) is 6.07. The molecule has 1 atom stereocenters. The zero-order chi connectivity index (χ0) is 11.5. The second-order valence-electron chi connectivity index (χ2n) is 3.92. The first-order valence-corrected chi connectivity index (χ1v) is 5.74. The topological polar surface area (TPSA) is 50.8 Å². The van der Waals surface area contributed by atoms with E-state index >= 15 is 0 Å². The number of nitrogens with zero attached hydrogens (tertiary/aromatic N) is 3. The highest BCUT2D eigenvalue weighted by Crippen LogP contribution is 2.10. The van der Waals surface area contributed by atoms with Crippen molar-refractivity contribution in [1.82, 2.24) is 4.90 Å². The van der Waals surface area contributed by atoms with Crippen LogP contribution in [-0.2, 0) is 0 Å². The molecule has 3 heteroatoms. The van der Waals surface area contributed by atoms with Gasteiger partial charge in [-0.25, -0.2) is 0 Å². The van der Waals surface area contributed by atoms with E-state index in [0.717, 1.165) is 6.42 Å². The number of rotatable bonds is 8. The minimum Gasteiger partial charge on any atom is -0.275 e. The first-order chi connectivity index (χ1) is 7.26. The highest BCUT2D eigenvalue weighted by Gasteiger charge is 2.12. The van der Waals surface area contributed by atoms with E-state index in [1.54, 1.807) is 0 Å². The van der Waals surface area contributed by atoms with Crippen molar-refractivity contribution in [2.45, 2.75) is 52.0 Å². The van der Waals surface area contributed by atoms with Crippen molar-refractivity contribution in [2.75, 3.05) is 13.1 Å². The van der Waals surface area contributed by atoms with Gasteiger partial charge < -0.3 is 0 Å². The van der Waals surface area contributed by atoms with Crippen LogP contribution >= 0.6 is 0 Å². The normalized spacial score (nSPS) is 12.1. The Morgan fingerprint density at radius 3 is 2.13 bits per heavy atom. The minimum atomic E-state index is 0.348. The first kappa shape index (κ1) is 13.9. The summed E-state index contributed by atoms with van der Waals surface area (Å²) in [7, 11) is 0. The van der Waals surface area contributed by atoms with Gasteiger partial charge in [0.15, 0.2) is 0 Å². The molecule has 15 heavy (non-hydrogen) atoms. The van der Waals surface area contributed by atoms with Crippen LogP contribution in [0.3, 0.4) is 0 Å². The fourth-order valence-electron chi connectivity index (χ4n) is 1.60. The summed E-state index contributed by atoms with van der Waals surface area (Å²) in [5, 5.41) is 17.2. The van der Waals surface area contributed by atoms with Gasteiger partial charge in [-0.1, -0.05) is 32.6 Å².